The lowest BCUT2D eigenvalue weighted by Gasteiger charge is -2.41. The molecule has 0 aliphatic carbocycles. The van der Waals surface area contributed by atoms with E-state index in [1.807, 2.05) is 6.92 Å². The summed E-state index contributed by atoms with van der Waals surface area (Å²) in [4.78, 5) is 4.77. The predicted molar refractivity (Wildman–Crippen MR) is 124 cm³/mol. The number of hydrogen-bond acceptors (Lipinski definition) is 7. The first-order valence-corrected chi connectivity index (χ1v) is 12.7. The Morgan fingerprint density at radius 3 is 2.21 bits per heavy atom. The summed E-state index contributed by atoms with van der Waals surface area (Å²) in [6, 6.07) is 13.2. The third-order valence-electron chi connectivity index (χ3n) is 6.03. The first kappa shape index (κ1) is 23.3. The monoisotopic (exact) mass is 472 g/mol. The average Bonchev–Trinajstić information content (AvgIpc) is 3.22. The molecule has 1 aliphatic heterocycles. The van der Waals surface area contributed by atoms with Gasteiger partial charge in [-0.2, -0.15) is 0 Å². The molecule has 1 aliphatic rings. The van der Waals surface area contributed by atoms with Gasteiger partial charge < -0.3 is 4.90 Å². The van der Waals surface area contributed by atoms with Gasteiger partial charge in [-0.1, -0.05) is 31.5 Å². The fourth-order valence-corrected chi connectivity index (χ4v) is 5.50. The van der Waals surface area contributed by atoms with Crippen LogP contribution >= 0.6 is 0 Å². The van der Waals surface area contributed by atoms with Crippen LogP contribution in [0.3, 0.4) is 0 Å². The number of aromatic nitrogens is 4. The molecule has 33 heavy (non-hydrogen) atoms. The van der Waals surface area contributed by atoms with Crippen LogP contribution in [-0.2, 0) is 15.7 Å². The maximum Gasteiger partial charge on any atom is 0.198 e. The minimum atomic E-state index is -3.60. The summed E-state index contributed by atoms with van der Waals surface area (Å²) in [5.41, 5.74) is 1.99. The van der Waals surface area contributed by atoms with Crippen molar-refractivity contribution in [3.63, 3.8) is 0 Å². The van der Waals surface area contributed by atoms with Crippen molar-refractivity contribution in [1.82, 2.24) is 25.1 Å². The van der Waals surface area contributed by atoms with Crippen LogP contribution < -0.4 is 4.90 Å². The smallest absolute Gasteiger partial charge is 0.198 e. The summed E-state index contributed by atoms with van der Waals surface area (Å²) in [5, 5.41) is 12.1. The van der Waals surface area contributed by atoms with E-state index in [2.05, 4.69) is 39.2 Å². The second-order valence-electron chi connectivity index (χ2n) is 8.78. The zero-order valence-corrected chi connectivity index (χ0v) is 19.9. The van der Waals surface area contributed by atoms with Crippen LogP contribution in [0, 0.1) is 18.7 Å². The molecule has 1 fully saturated rings. The Morgan fingerprint density at radius 1 is 0.970 bits per heavy atom. The maximum atomic E-state index is 13.3. The first-order chi connectivity index (χ1) is 15.7. The Hall–Kier alpha value is -2.85. The number of aryl methyl sites for hydroxylation is 1. The largest absolute Gasteiger partial charge is 0.369 e. The maximum absolute atomic E-state index is 13.3. The number of anilines is 1. The number of piperazine rings is 1. The molecule has 1 atom stereocenters. The lowest BCUT2D eigenvalue weighted by atomic mass is 10.0. The van der Waals surface area contributed by atoms with E-state index >= 15 is 0 Å². The minimum Gasteiger partial charge on any atom is -0.369 e. The van der Waals surface area contributed by atoms with Crippen LogP contribution in [0.25, 0.3) is 0 Å². The van der Waals surface area contributed by atoms with Crippen molar-refractivity contribution in [2.24, 2.45) is 5.92 Å². The summed E-state index contributed by atoms with van der Waals surface area (Å²) < 4.78 is 40.7. The van der Waals surface area contributed by atoms with Crippen molar-refractivity contribution < 1.29 is 12.8 Å². The van der Waals surface area contributed by atoms with Crippen molar-refractivity contribution >= 4 is 15.5 Å². The average molecular weight is 473 g/mol. The van der Waals surface area contributed by atoms with Crippen molar-refractivity contribution in [1.29, 1.82) is 0 Å². The molecule has 4 rings (SSSR count). The van der Waals surface area contributed by atoms with Crippen LogP contribution in [0.4, 0.5) is 10.1 Å². The second kappa shape index (κ2) is 9.56. The predicted octanol–water partition coefficient (Wildman–Crippen LogP) is 3.07. The van der Waals surface area contributed by atoms with E-state index in [-0.39, 0.29) is 28.5 Å². The van der Waals surface area contributed by atoms with Gasteiger partial charge in [-0.25, -0.2) is 17.5 Å². The fraction of sp³-hybridized carbons (Fsp3) is 0.435. The topological polar surface area (TPSA) is 84.2 Å². The van der Waals surface area contributed by atoms with E-state index < -0.39 is 9.84 Å². The first-order valence-electron chi connectivity index (χ1n) is 11.0. The van der Waals surface area contributed by atoms with Gasteiger partial charge in [-0.15, -0.1) is 5.10 Å². The quantitative estimate of drug-likeness (QED) is 0.522. The number of tetrazole rings is 1. The van der Waals surface area contributed by atoms with Gasteiger partial charge in [-0.05, 0) is 59.7 Å². The van der Waals surface area contributed by atoms with Gasteiger partial charge in [0.05, 0.1) is 10.9 Å². The van der Waals surface area contributed by atoms with Gasteiger partial charge in [0.15, 0.2) is 21.5 Å². The molecule has 0 radical (unpaired) electrons. The summed E-state index contributed by atoms with van der Waals surface area (Å²) in [6.45, 7) is 9.17. The van der Waals surface area contributed by atoms with Gasteiger partial charge in [0.2, 0.25) is 0 Å². The Kier molecular flexibility index (Phi) is 6.76. The molecule has 176 valence electrons. The Labute approximate surface area is 193 Å². The molecule has 3 aromatic rings. The molecular weight excluding hydrogens is 443 g/mol. The van der Waals surface area contributed by atoms with Crippen molar-refractivity contribution in [2.75, 3.05) is 31.1 Å². The van der Waals surface area contributed by atoms with Crippen LogP contribution in [0.1, 0.15) is 31.3 Å². The van der Waals surface area contributed by atoms with E-state index in [0.717, 1.165) is 37.4 Å². The number of rotatable bonds is 7. The Bertz CT molecular complexity index is 1170. The molecule has 0 spiro atoms. The van der Waals surface area contributed by atoms with Crippen LogP contribution in [-0.4, -0.2) is 59.7 Å². The summed E-state index contributed by atoms with van der Waals surface area (Å²) in [7, 11) is -3.60. The Balaban J connectivity index is 1.51. The molecule has 1 saturated heterocycles. The second-order valence-corrected chi connectivity index (χ2v) is 10.7. The van der Waals surface area contributed by atoms with Crippen molar-refractivity contribution in [3.05, 3.63) is 65.7 Å². The molecule has 0 bridgehead atoms. The highest BCUT2D eigenvalue weighted by Gasteiger charge is 2.32. The molecule has 1 aromatic heterocycles. The number of sulfone groups is 1. The van der Waals surface area contributed by atoms with Gasteiger partial charge in [0.25, 0.3) is 0 Å². The van der Waals surface area contributed by atoms with Gasteiger partial charge in [0.1, 0.15) is 5.82 Å². The van der Waals surface area contributed by atoms with Crippen LogP contribution in [0.5, 0.6) is 0 Å². The lowest BCUT2D eigenvalue weighted by molar-refractivity contribution is 0.135. The van der Waals surface area contributed by atoms with E-state index in [4.69, 9.17) is 0 Å². The van der Waals surface area contributed by atoms with E-state index in [0.29, 0.717) is 5.82 Å². The SMILES string of the molecule is Cc1ccc(S(=O)(=O)Cn2nnnc2[C@@H](C(C)C)N2CCN(c3ccc(F)cc3)CC2)cc1. The van der Waals surface area contributed by atoms with Gasteiger partial charge >= 0.3 is 0 Å². The number of nitrogens with zero attached hydrogens (tertiary/aromatic N) is 6. The Morgan fingerprint density at radius 2 is 1.61 bits per heavy atom. The molecule has 0 saturated carbocycles. The number of halogens is 1. The summed E-state index contributed by atoms with van der Waals surface area (Å²) >= 11 is 0. The lowest BCUT2D eigenvalue weighted by Crippen LogP contribution is -2.49. The normalized spacial score (nSPS) is 16.3. The zero-order chi connectivity index (χ0) is 23.6. The molecule has 2 heterocycles. The minimum absolute atomic E-state index is 0.122. The van der Waals surface area contributed by atoms with Crippen molar-refractivity contribution in [2.45, 2.75) is 37.6 Å². The molecular formula is C23H29FN6O2S. The summed E-state index contributed by atoms with van der Waals surface area (Å²) in [6.07, 6.45) is 0. The zero-order valence-electron chi connectivity index (χ0n) is 19.1. The molecule has 0 unspecified atom stereocenters. The van der Waals surface area contributed by atoms with E-state index in [9.17, 15) is 12.8 Å². The fourth-order valence-electron chi connectivity index (χ4n) is 4.29. The third kappa shape index (κ3) is 5.22. The van der Waals surface area contributed by atoms with Gasteiger partial charge in [-0.3, -0.25) is 4.90 Å². The van der Waals surface area contributed by atoms with Gasteiger partial charge in [0, 0.05) is 31.9 Å². The molecule has 0 N–H and O–H groups in total. The highest BCUT2D eigenvalue weighted by atomic mass is 32.2. The van der Waals surface area contributed by atoms with Crippen LogP contribution in [0.2, 0.25) is 0 Å². The molecule has 2 aromatic carbocycles. The molecule has 8 nitrogen and oxygen atoms in total. The standard InChI is InChI=1S/C23H29FN6O2S/c1-17(2)22(29-14-12-28(13-15-29)20-8-6-19(24)7-9-20)23-25-26-27-30(23)16-33(31,32)21-10-4-18(3)5-11-21/h4-11,17,22H,12-16H2,1-3H3/t22-/m1/s1. The van der Waals surface area contributed by atoms with E-state index in [1.54, 1.807) is 36.4 Å². The molecule has 0 amide bonds. The summed E-state index contributed by atoms with van der Waals surface area (Å²) in [5.74, 6) is 0.173. The molecule has 10 heteroatoms. The van der Waals surface area contributed by atoms with Crippen LogP contribution in [0.15, 0.2) is 53.4 Å². The van der Waals surface area contributed by atoms with Crippen molar-refractivity contribution in [3.8, 4) is 0 Å². The van der Waals surface area contributed by atoms with E-state index in [1.165, 1.54) is 16.8 Å². The number of benzene rings is 2. The highest BCUT2D eigenvalue weighted by molar-refractivity contribution is 7.90. The third-order valence-corrected chi connectivity index (χ3v) is 7.60. The number of hydrogen-bond donors (Lipinski definition) is 0. The highest BCUT2D eigenvalue weighted by Crippen LogP contribution is 2.29.